The number of hydrogen-bond donors (Lipinski definition) is 20. The molecule has 0 radical (unpaired) electrons. The van der Waals surface area contributed by atoms with E-state index in [-0.39, 0.29) is 12.3 Å². The second kappa shape index (κ2) is 57.6. The van der Waals surface area contributed by atoms with Gasteiger partial charge in [0.1, 0.15) is 140 Å². The Morgan fingerprint density at radius 2 is 0.697 bits per heavy atom. The molecule has 0 aliphatic carbocycles. The van der Waals surface area contributed by atoms with Crippen molar-refractivity contribution in [2.45, 2.75) is 462 Å². The summed E-state index contributed by atoms with van der Waals surface area (Å²) in [6, 6.07) is -4.57. The van der Waals surface area contributed by atoms with Gasteiger partial charge in [0.05, 0.1) is 57.9 Å². The fourth-order valence-electron chi connectivity index (χ4n) is 16.4. The summed E-state index contributed by atoms with van der Waals surface area (Å²) in [4.78, 5) is 39.3. The van der Waals surface area contributed by atoms with E-state index in [0.717, 1.165) is 65.2 Å². The van der Waals surface area contributed by atoms with Gasteiger partial charge in [-0.3, -0.25) is 14.4 Å². The molecule has 696 valence electrons. The SMILES string of the molecule is CCCCCCCCCCCCC/C=C/[C@@H](O)[C@H](CO[C@@H]1OC(CO)[C@@H](O[C@@H]2OC(CO)[C@H](O[C@@H]3OC(CO)[C@H](O)[C@H](O)C3NC(C)=O)[C@H](O[C@H]3OC(CO)[C@H](O)[C@H](O[C@@H]4OC(CO)[C@@H](O)[C@H](O[C@H]5OC(C)[C@@H](O)C(O)[C@@H]5O)C4NC(C)=O)C3O)C2O)[C@H](O)C1O)NC(=O)CCCCCCCCCCCCCCCCCCCCCCCCC. The van der Waals surface area contributed by atoms with E-state index in [2.05, 4.69) is 29.8 Å². The van der Waals surface area contributed by atoms with E-state index in [1.54, 1.807) is 6.08 Å². The zero-order chi connectivity index (χ0) is 86.9. The molecular formula is C84H153N3O32. The Labute approximate surface area is 702 Å². The third kappa shape index (κ3) is 33.9. The molecule has 119 heavy (non-hydrogen) atoms. The minimum Gasteiger partial charge on any atom is -0.394 e. The van der Waals surface area contributed by atoms with Gasteiger partial charge in [-0.1, -0.05) is 231 Å². The van der Waals surface area contributed by atoms with Crippen molar-refractivity contribution in [3.05, 3.63) is 12.2 Å². The predicted molar refractivity (Wildman–Crippen MR) is 429 cm³/mol. The number of nitrogens with one attached hydrogen (secondary N) is 3. The Balaban J connectivity index is 1.14. The van der Waals surface area contributed by atoms with Gasteiger partial charge in [0.15, 0.2) is 37.7 Å². The highest BCUT2D eigenvalue weighted by Gasteiger charge is 2.59. The predicted octanol–water partition coefficient (Wildman–Crippen LogP) is 1.72. The number of aliphatic hydroxyl groups is 17. The lowest BCUT2D eigenvalue weighted by Gasteiger charge is -2.51. The van der Waals surface area contributed by atoms with Crippen LogP contribution in [0.4, 0.5) is 0 Å². The molecule has 0 saturated carbocycles. The normalized spacial score (nSPS) is 35.7. The van der Waals surface area contributed by atoms with Crippen LogP contribution in [0.1, 0.15) is 266 Å². The maximum atomic E-state index is 13.7. The summed E-state index contributed by atoms with van der Waals surface area (Å²) in [7, 11) is 0. The lowest BCUT2D eigenvalue weighted by molar-refractivity contribution is -0.401. The van der Waals surface area contributed by atoms with Crippen LogP contribution in [-0.4, -0.2) is 340 Å². The van der Waals surface area contributed by atoms with E-state index in [1.165, 1.54) is 167 Å². The number of amides is 3. The highest BCUT2D eigenvalue weighted by atomic mass is 16.8. The van der Waals surface area contributed by atoms with Gasteiger partial charge < -0.3 is 160 Å². The molecule has 0 spiro atoms. The number of ether oxygens (including phenoxy) is 12. The van der Waals surface area contributed by atoms with Crippen molar-refractivity contribution in [1.29, 1.82) is 0 Å². The van der Waals surface area contributed by atoms with E-state index in [1.807, 2.05) is 6.08 Å². The molecule has 6 fully saturated rings. The van der Waals surface area contributed by atoms with Gasteiger partial charge in [0.25, 0.3) is 0 Å². The number of carbonyl (C=O) groups excluding carboxylic acids is 3. The Morgan fingerprint density at radius 3 is 1.18 bits per heavy atom. The van der Waals surface area contributed by atoms with Crippen LogP contribution in [-0.2, 0) is 71.2 Å². The topological polar surface area (TPSA) is 542 Å². The average molecular weight is 1720 g/mol. The lowest BCUT2D eigenvalue weighted by atomic mass is 9.94. The van der Waals surface area contributed by atoms with E-state index in [4.69, 9.17) is 56.8 Å². The fourth-order valence-corrected chi connectivity index (χ4v) is 16.4. The smallest absolute Gasteiger partial charge is 0.220 e. The highest BCUT2D eigenvalue weighted by molar-refractivity contribution is 5.76. The lowest BCUT2D eigenvalue weighted by Crippen LogP contribution is -2.71. The number of rotatable bonds is 59. The Kier molecular flexibility index (Phi) is 50.8. The van der Waals surface area contributed by atoms with Gasteiger partial charge in [-0.05, 0) is 26.2 Å². The van der Waals surface area contributed by atoms with Gasteiger partial charge in [0, 0.05) is 20.3 Å². The van der Waals surface area contributed by atoms with Crippen molar-refractivity contribution in [3.8, 4) is 0 Å². The third-order valence-electron chi connectivity index (χ3n) is 23.7. The molecule has 6 heterocycles. The first-order chi connectivity index (χ1) is 57.3. The van der Waals surface area contributed by atoms with E-state index < -0.39 is 248 Å². The molecule has 6 aliphatic rings. The summed E-state index contributed by atoms with van der Waals surface area (Å²) >= 11 is 0. The zero-order valence-electron chi connectivity index (χ0n) is 71.1. The molecule has 3 amide bonds. The summed E-state index contributed by atoms with van der Waals surface area (Å²) in [5.74, 6) is -2.00. The van der Waals surface area contributed by atoms with Crippen molar-refractivity contribution in [1.82, 2.24) is 16.0 Å². The molecule has 0 aromatic rings. The average Bonchev–Trinajstić information content (AvgIpc) is 0.764. The Bertz CT molecular complexity index is 2730. The molecule has 32 atom stereocenters. The van der Waals surface area contributed by atoms with Crippen molar-refractivity contribution < 1.29 is 158 Å². The van der Waals surface area contributed by atoms with Crippen LogP contribution in [0.2, 0.25) is 0 Å². The van der Waals surface area contributed by atoms with Crippen LogP contribution < -0.4 is 16.0 Å². The van der Waals surface area contributed by atoms with Gasteiger partial charge in [0.2, 0.25) is 17.7 Å². The molecule has 6 rings (SSSR count). The summed E-state index contributed by atoms with van der Waals surface area (Å²) in [6.07, 6.45) is -10.1. The first-order valence-electron chi connectivity index (χ1n) is 44.8. The van der Waals surface area contributed by atoms with Crippen LogP contribution in [0.25, 0.3) is 0 Å². The van der Waals surface area contributed by atoms with Crippen LogP contribution in [0, 0.1) is 0 Å². The molecule has 0 aromatic carbocycles. The Hall–Kier alpha value is -3.01. The van der Waals surface area contributed by atoms with Crippen LogP contribution in [0.15, 0.2) is 12.2 Å². The fraction of sp³-hybridized carbons (Fsp3) is 0.940. The first-order valence-corrected chi connectivity index (χ1v) is 44.8. The van der Waals surface area contributed by atoms with Gasteiger partial charge in [-0.25, -0.2) is 0 Å². The van der Waals surface area contributed by atoms with Crippen molar-refractivity contribution in [3.63, 3.8) is 0 Å². The number of carbonyl (C=O) groups is 3. The number of hydrogen-bond acceptors (Lipinski definition) is 32. The summed E-state index contributed by atoms with van der Waals surface area (Å²) in [5, 5.41) is 200. The summed E-state index contributed by atoms with van der Waals surface area (Å²) in [6.45, 7) is 2.23. The standard InChI is InChI=1S/C84H153N3O32/c1-6-8-10-12-14-16-18-20-21-22-23-24-25-26-27-28-29-31-33-35-37-39-41-43-60(96)87-53(54(95)42-40-38-36-34-32-30-19-17-15-13-11-9-7-2)49-108-81-71(105)69(103)74(58(47-91)113-81)115-84-73(107)78(75(59(48-92)114-84)116-79-61(85-51(4)93)67(101)64(98)55(44-88)110-79)119-83-72(106)77(66(100)57(46-90)112-83)118-80-62(86-52(5)94)76(65(99)56(45-89)111-80)117-82-70(104)68(102)63(97)50(3)109-82/h40,42,50,53-59,61-84,88-92,95,97-107H,6-39,41,43-49H2,1-5H3,(H,85,93)(H,86,94)(H,87,96)/b42-40+/t50?,53-,54+,55?,56?,57?,58?,59?,61?,62?,63+,64-,65+,66-,67+,68?,69+,70-,71?,72?,73?,74+,75-,76+,77-,78+,79-,80-,81+,82+,83+,84-/m0/s1. The molecule has 12 unspecified atom stereocenters. The number of allylic oxidation sites excluding steroid dienone is 1. The first kappa shape index (κ1) is 105. The number of aliphatic hydroxyl groups excluding tert-OH is 17. The zero-order valence-corrected chi connectivity index (χ0v) is 71.1. The third-order valence-corrected chi connectivity index (χ3v) is 23.7. The van der Waals surface area contributed by atoms with Crippen molar-refractivity contribution in [2.24, 2.45) is 0 Å². The number of unbranched alkanes of at least 4 members (excludes halogenated alkanes) is 33. The maximum absolute atomic E-state index is 13.7. The van der Waals surface area contributed by atoms with Crippen molar-refractivity contribution in [2.75, 3.05) is 39.6 Å². The van der Waals surface area contributed by atoms with Gasteiger partial charge in [-0.2, -0.15) is 0 Å². The summed E-state index contributed by atoms with van der Waals surface area (Å²) in [5.41, 5.74) is 0. The second-order valence-electron chi connectivity index (χ2n) is 33.5. The second-order valence-corrected chi connectivity index (χ2v) is 33.5. The molecular weight excluding hydrogens is 1560 g/mol. The van der Waals surface area contributed by atoms with Crippen molar-refractivity contribution >= 4 is 17.7 Å². The molecule has 6 aliphatic heterocycles. The summed E-state index contributed by atoms with van der Waals surface area (Å²) < 4.78 is 72.5. The van der Waals surface area contributed by atoms with E-state index in [9.17, 15) is 101 Å². The molecule has 6 saturated heterocycles. The molecule has 0 aromatic heterocycles. The van der Waals surface area contributed by atoms with E-state index >= 15 is 0 Å². The van der Waals surface area contributed by atoms with Crippen LogP contribution in [0.3, 0.4) is 0 Å². The minimum absolute atomic E-state index is 0.154. The van der Waals surface area contributed by atoms with Gasteiger partial charge >= 0.3 is 0 Å². The van der Waals surface area contributed by atoms with E-state index in [0.29, 0.717) is 12.8 Å². The van der Waals surface area contributed by atoms with Gasteiger partial charge in [-0.15, -0.1) is 0 Å². The van der Waals surface area contributed by atoms with Crippen LogP contribution in [0.5, 0.6) is 0 Å². The van der Waals surface area contributed by atoms with Crippen LogP contribution >= 0.6 is 0 Å². The molecule has 35 nitrogen and oxygen atoms in total. The minimum atomic E-state index is -2.37. The molecule has 35 heteroatoms. The Morgan fingerprint density at radius 1 is 0.345 bits per heavy atom. The molecule has 0 bridgehead atoms. The quantitative estimate of drug-likeness (QED) is 0.0304. The monoisotopic (exact) mass is 1720 g/mol. The maximum Gasteiger partial charge on any atom is 0.220 e. The highest BCUT2D eigenvalue weighted by Crippen LogP contribution is 2.39. The molecule has 20 N–H and O–H groups in total. The largest absolute Gasteiger partial charge is 0.394 e.